The van der Waals surface area contributed by atoms with Gasteiger partial charge >= 0.3 is 0 Å². The van der Waals surface area contributed by atoms with Crippen LogP contribution in [0, 0.1) is 5.41 Å². The number of hydrogen-bond donors (Lipinski definition) is 2. The van der Waals surface area contributed by atoms with Gasteiger partial charge in [-0.1, -0.05) is 13.8 Å². The van der Waals surface area contributed by atoms with Crippen LogP contribution in [0.1, 0.15) is 46.5 Å². The predicted octanol–water partition coefficient (Wildman–Crippen LogP) is 1.41. The van der Waals surface area contributed by atoms with Gasteiger partial charge in [-0.15, -0.1) is 0 Å². The molecule has 0 aliphatic carbocycles. The second-order valence-corrected chi connectivity index (χ2v) is 7.29. The Kier molecular flexibility index (Phi) is 8.44. The van der Waals surface area contributed by atoms with Crippen molar-refractivity contribution in [1.29, 1.82) is 0 Å². The molecule has 2 unspecified atom stereocenters. The molecule has 0 radical (unpaired) electrons. The summed E-state index contributed by atoms with van der Waals surface area (Å²) in [5.41, 5.74) is 5.67. The molecule has 5 heteroatoms. The number of hydrogen-bond acceptors (Lipinski definition) is 3. The molecule has 0 bridgehead atoms. The fraction of sp³-hybridized carbons (Fsp3) is 0.923. The summed E-state index contributed by atoms with van der Waals surface area (Å²) in [6.07, 6.45) is 4.77. The van der Waals surface area contributed by atoms with Gasteiger partial charge in [-0.3, -0.25) is 9.00 Å². The topological polar surface area (TPSA) is 72.2 Å². The van der Waals surface area contributed by atoms with Crippen LogP contribution in [-0.4, -0.2) is 34.7 Å². The maximum Gasteiger partial charge on any atom is 0.220 e. The van der Waals surface area contributed by atoms with Gasteiger partial charge < -0.3 is 11.1 Å². The first-order valence-corrected chi connectivity index (χ1v) is 8.29. The number of carbonyl (C=O) groups excluding carboxylic acids is 1. The molecule has 2 atom stereocenters. The molecule has 0 rings (SSSR count). The molecular formula is C13H28N2O2S. The Hall–Kier alpha value is -0.420. The molecule has 0 saturated carbocycles. The smallest absolute Gasteiger partial charge is 0.220 e. The van der Waals surface area contributed by atoms with E-state index in [4.69, 9.17) is 5.73 Å². The lowest BCUT2D eigenvalue weighted by Gasteiger charge is -2.23. The van der Waals surface area contributed by atoms with Gasteiger partial charge in [0.05, 0.1) is 0 Å². The van der Waals surface area contributed by atoms with E-state index in [1.165, 1.54) is 0 Å². The zero-order valence-corrected chi connectivity index (χ0v) is 12.9. The minimum absolute atomic E-state index is 0.0782. The summed E-state index contributed by atoms with van der Waals surface area (Å²) in [4.78, 5) is 11.7. The molecule has 0 saturated heterocycles. The Balaban J connectivity index is 3.86. The summed E-state index contributed by atoms with van der Waals surface area (Å²) in [7, 11) is -0.787. The Morgan fingerprint density at radius 2 is 2.00 bits per heavy atom. The molecular weight excluding hydrogens is 248 g/mol. The quantitative estimate of drug-likeness (QED) is 0.669. The number of nitrogens with two attached hydrogens (primary N) is 1. The first-order chi connectivity index (χ1) is 8.26. The number of nitrogens with one attached hydrogen (secondary N) is 1. The highest BCUT2D eigenvalue weighted by atomic mass is 32.2. The predicted molar refractivity (Wildman–Crippen MR) is 77.8 cm³/mol. The Morgan fingerprint density at radius 1 is 1.39 bits per heavy atom. The van der Waals surface area contributed by atoms with Crippen LogP contribution in [0.5, 0.6) is 0 Å². The zero-order valence-electron chi connectivity index (χ0n) is 12.1. The minimum Gasteiger partial charge on any atom is -0.354 e. The van der Waals surface area contributed by atoms with E-state index in [2.05, 4.69) is 19.2 Å². The lowest BCUT2D eigenvalue weighted by molar-refractivity contribution is -0.122. The fourth-order valence-electron chi connectivity index (χ4n) is 1.73. The van der Waals surface area contributed by atoms with E-state index in [-0.39, 0.29) is 17.4 Å². The van der Waals surface area contributed by atoms with Crippen molar-refractivity contribution in [2.75, 3.05) is 18.6 Å². The van der Waals surface area contributed by atoms with Crippen molar-refractivity contribution in [2.24, 2.45) is 11.1 Å². The average Bonchev–Trinajstić information content (AvgIpc) is 2.24. The van der Waals surface area contributed by atoms with E-state index in [1.54, 1.807) is 6.26 Å². The highest BCUT2D eigenvalue weighted by molar-refractivity contribution is 7.84. The van der Waals surface area contributed by atoms with Crippen molar-refractivity contribution in [3.8, 4) is 0 Å². The first-order valence-electron chi connectivity index (χ1n) is 6.56. The van der Waals surface area contributed by atoms with Gasteiger partial charge in [0.15, 0.2) is 0 Å². The molecule has 0 aliphatic heterocycles. The molecule has 0 aromatic heterocycles. The van der Waals surface area contributed by atoms with Gasteiger partial charge in [-0.05, 0) is 38.1 Å². The standard InChI is InChI=1S/C13H28N2O2S/c1-11(6-10-18(4)17)15-12(16)5-7-13(2,3)8-9-14/h11H,5-10,14H2,1-4H3,(H,15,16). The van der Waals surface area contributed by atoms with E-state index in [1.807, 2.05) is 6.92 Å². The van der Waals surface area contributed by atoms with Crippen LogP contribution in [0.4, 0.5) is 0 Å². The van der Waals surface area contributed by atoms with Gasteiger partial charge in [-0.2, -0.15) is 0 Å². The van der Waals surface area contributed by atoms with Crippen molar-refractivity contribution in [2.45, 2.75) is 52.5 Å². The minimum atomic E-state index is -0.787. The van der Waals surface area contributed by atoms with Crippen LogP contribution in [0.3, 0.4) is 0 Å². The van der Waals surface area contributed by atoms with Crippen LogP contribution in [0.15, 0.2) is 0 Å². The second kappa shape index (κ2) is 8.64. The third-order valence-electron chi connectivity index (χ3n) is 3.10. The zero-order chi connectivity index (χ0) is 14.2. The summed E-state index contributed by atoms with van der Waals surface area (Å²) in [6, 6.07) is 0.0963. The first kappa shape index (κ1) is 17.6. The van der Waals surface area contributed by atoms with Crippen LogP contribution in [0.25, 0.3) is 0 Å². The van der Waals surface area contributed by atoms with Crippen LogP contribution >= 0.6 is 0 Å². The van der Waals surface area contributed by atoms with Gasteiger partial charge in [0.1, 0.15) is 0 Å². The molecule has 3 N–H and O–H groups in total. The molecule has 108 valence electrons. The van der Waals surface area contributed by atoms with Gasteiger partial charge in [-0.25, -0.2) is 0 Å². The molecule has 0 spiro atoms. The normalized spacial score (nSPS) is 15.2. The lowest BCUT2D eigenvalue weighted by Crippen LogP contribution is -2.34. The SMILES string of the molecule is CC(CCS(C)=O)NC(=O)CCC(C)(C)CCN. The summed E-state index contributed by atoms with van der Waals surface area (Å²) in [5, 5.41) is 2.95. The molecule has 0 aromatic carbocycles. The number of rotatable bonds is 9. The van der Waals surface area contributed by atoms with E-state index >= 15 is 0 Å². The molecule has 0 aliphatic rings. The van der Waals surface area contributed by atoms with Gasteiger partial charge in [0, 0.05) is 35.3 Å². The van der Waals surface area contributed by atoms with E-state index < -0.39 is 10.8 Å². The summed E-state index contributed by atoms with van der Waals surface area (Å²) < 4.78 is 10.9. The van der Waals surface area contributed by atoms with Crippen LogP contribution in [0.2, 0.25) is 0 Å². The van der Waals surface area contributed by atoms with Crippen molar-refractivity contribution in [3.05, 3.63) is 0 Å². The van der Waals surface area contributed by atoms with Gasteiger partial charge in [0.25, 0.3) is 0 Å². The van der Waals surface area contributed by atoms with Crippen LogP contribution in [-0.2, 0) is 15.6 Å². The van der Waals surface area contributed by atoms with E-state index in [0.717, 1.165) is 19.3 Å². The molecule has 0 heterocycles. The fourth-order valence-corrected chi connectivity index (χ4v) is 2.42. The highest BCUT2D eigenvalue weighted by Gasteiger charge is 2.18. The Morgan fingerprint density at radius 3 is 2.50 bits per heavy atom. The van der Waals surface area contributed by atoms with E-state index in [0.29, 0.717) is 18.7 Å². The summed E-state index contributed by atoms with van der Waals surface area (Å²) >= 11 is 0. The van der Waals surface area contributed by atoms with Gasteiger partial charge in [0.2, 0.25) is 5.91 Å². The molecule has 1 amide bonds. The van der Waals surface area contributed by atoms with Crippen LogP contribution < -0.4 is 11.1 Å². The van der Waals surface area contributed by atoms with Crippen molar-refractivity contribution in [1.82, 2.24) is 5.32 Å². The summed E-state index contributed by atoms with van der Waals surface area (Å²) in [5.74, 6) is 0.717. The third-order valence-corrected chi connectivity index (χ3v) is 3.91. The molecule has 0 fully saturated rings. The Bertz CT molecular complexity index is 280. The third kappa shape index (κ3) is 9.59. The van der Waals surface area contributed by atoms with Crippen molar-refractivity contribution >= 4 is 16.7 Å². The average molecular weight is 276 g/mol. The Labute approximate surface area is 114 Å². The van der Waals surface area contributed by atoms with Crippen molar-refractivity contribution < 1.29 is 9.00 Å². The maximum absolute atomic E-state index is 11.7. The number of amides is 1. The molecule has 4 nitrogen and oxygen atoms in total. The maximum atomic E-state index is 11.7. The highest BCUT2D eigenvalue weighted by Crippen LogP contribution is 2.25. The largest absolute Gasteiger partial charge is 0.354 e. The molecule has 18 heavy (non-hydrogen) atoms. The van der Waals surface area contributed by atoms with E-state index in [9.17, 15) is 9.00 Å². The second-order valence-electron chi connectivity index (χ2n) is 5.74. The monoisotopic (exact) mass is 276 g/mol. The van der Waals surface area contributed by atoms with Crippen molar-refractivity contribution in [3.63, 3.8) is 0 Å². The molecule has 0 aromatic rings. The lowest BCUT2D eigenvalue weighted by atomic mass is 9.84. The number of carbonyl (C=O) groups is 1. The summed E-state index contributed by atoms with van der Waals surface area (Å²) in [6.45, 7) is 6.89.